The second kappa shape index (κ2) is 6.42. The molecule has 1 saturated heterocycles. The molecule has 0 radical (unpaired) electrons. The average molecular weight is 424 g/mol. The highest BCUT2D eigenvalue weighted by atomic mass is 19.4. The molecule has 2 fully saturated rings. The Morgan fingerprint density at radius 1 is 1.17 bits per heavy atom. The van der Waals surface area contributed by atoms with Crippen LogP contribution in [0.25, 0.3) is 11.0 Å². The van der Waals surface area contributed by atoms with Gasteiger partial charge in [-0.25, -0.2) is 4.79 Å². The summed E-state index contributed by atoms with van der Waals surface area (Å²) in [7, 11) is 0. The number of carbonyl (C=O) groups excluding carboxylic acids is 1. The number of halogens is 6. The summed E-state index contributed by atoms with van der Waals surface area (Å²) in [5, 5.41) is 4.47. The van der Waals surface area contributed by atoms with E-state index in [4.69, 9.17) is 9.26 Å². The summed E-state index contributed by atoms with van der Waals surface area (Å²) in [6, 6.07) is 5.18. The predicted molar refractivity (Wildman–Crippen MR) is 84.0 cm³/mol. The van der Waals surface area contributed by atoms with Crippen molar-refractivity contribution in [3.05, 3.63) is 24.4 Å². The minimum Gasteiger partial charge on any atom is -0.490 e. The van der Waals surface area contributed by atoms with Crippen molar-refractivity contribution < 1.29 is 45.1 Å². The zero-order valence-electron chi connectivity index (χ0n) is 14.6. The third-order valence-electron chi connectivity index (χ3n) is 5.08. The van der Waals surface area contributed by atoms with Crippen molar-refractivity contribution in [2.75, 3.05) is 13.1 Å². The topological polar surface area (TPSA) is 64.8 Å². The van der Waals surface area contributed by atoms with Gasteiger partial charge in [-0.1, -0.05) is 5.16 Å². The Kier molecular flexibility index (Phi) is 4.35. The van der Waals surface area contributed by atoms with Crippen molar-refractivity contribution in [2.45, 2.75) is 37.4 Å². The lowest BCUT2D eigenvalue weighted by Crippen LogP contribution is -2.66. The predicted octanol–water partition coefficient (Wildman–Crippen LogP) is 4.30. The van der Waals surface area contributed by atoms with Crippen LogP contribution in [0, 0.1) is 5.41 Å². The number of carbonyl (C=O) groups is 1. The first-order valence-corrected chi connectivity index (χ1v) is 8.55. The summed E-state index contributed by atoms with van der Waals surface area (Å²) in [4.78, 5) is 12.5. The van der Waals surface area contributed by atoms with Crippen molar-refractivity contribution >= 4 is 17.1 Å². The van der Waals surface area contributed by atoms with E-state index < -0.39 is 24.5 Å². The highest BCUT2D eigenvalue weighted by molar-refractivity contribution is 5.77. The van der Waals surface area contributed by atoms with Gasteiger partial charge >= 0.3 is 18.4 Å². The number of hydrogen-bond acceptors (Lipinski definition) is 5. The average Bonchev–Trinajstić information content (AvgIpc) is 2.98. The second-order valence-corrected chi connectivity index (χ2v) is 7.38. The molecule has 2 aromatic rings. The highest BCUT2D eigenvalue weighted by Crippen LogP contribution is 2.50. The lowest BCUT2D eigenvalue weighted by atomic mass is 9.62. The Morgan fingerprint density at radius 2 is 1.83 bits per heavy atom. The molecule has 1 saturated carbocycles. The first kappa shape index (κ1) is 19.6. The summed E-state index contributed by atoms with van der Waals surface area (Å²) in [6.07, 6.45) is -14.8. The summed E-state index contributed by atoms with van der Waals surface area (Å²) < 4.78 is 89.4. The van der Waals surface area contributed by atoms with E-state index in [0.717, 1.165) is 10.3 Å². The van der Waals surface area contributed by atoms with E-state index in [1.54, 1.807) is 24.4 Å². The summed E-state index contributed by atoms with van der Waals surface area (Å²) >= 11 is 0. The van der Waals surface area contributed by atoms with Gasteiger partial charge in [-0.05, 0) is 25.0 Å². The van der Waals surface area contributed by atoms with Gasteiger partial charge in [0.1, 0.15) is 11.9 Å². The van der Waals surface area contributed by atoms with Gasteiger partial charge in [0.2, 0.25) is 0 Å². The molecule has 1 aliphatic carbocycles. The lowest BCUT2D eigenvalue weighted by Gasteiger charge is -2.57. The van der Waals surface area contributed by atoms with Crippen LogP contribution >= 0.6 is 0 Å². The Labute approximate surface area is 159 Å². The molecule has 12 heteroatoms. The van der Waals surface area contributed by atoms with Crippen LogP contribution in [0.2, 0.25) is 0 Å². The fourth-order valence-electron chi connectivity index (χ4n) is 3.74. The van der Waals surface area contributed by atoms with Gasteiger partial charge in [0.05, 0.1) is 6.20 Å². The number of ether oxygens (including phenoxy) is 2. The molecule has 2 aliphatic rings. The number of alkyl halides is 6. The molecule has 0 atom stereocenters. The summed E-state index contributed by atoms with van der Waals surface area (Å²) in [5.74, 6) is 0.558. The monoisotopic (exact) mass is 424 g/mol. The first-order valence-electron chi connectivity index (χ1n) is 8.55. The number of rotatable bonds is 3. The lowest BCUT2D eigenvalue weighted by molar-refractivity contribution is -0.309. The maximum absolute atomic E-state index is 12.5. The van der Waals surface area contributed by atoms with Crippen molar-refractivity contribution in [3.63, 3.8) is 0 Å². The van der Waals surface area contributed by atoms with Crippen LogP contribution in [0.3, 0.4) is 0 Å². The van der Waals surface area contributed by atoms with Crippen molar-refractivity contribution in [2.24, 2.45) is 5.41 Å². The van der Waals surface area contributed by atoms with E-state index in [1.165, 1.54) is 0 Å². The number of nitrogens with zero attached hydrogens (tertiary/aromatic N) is 2. The van der Waals surface area contributed by atoms with Gasteiger partial charge < -0.3 is 18.9 Å². The molecule has 1 amide bonds. The van der Waals surface area contributed by atoms with Gasteiger partial charge in [0.15, 0.2) is 5.58 Å². The van der Waals surface area contributed by atoms with Gasteiger partial charge in [-0.15, -0.1) is 0 Å². The van der Waals surface area contributed by atoms with Crippen LogP contribution in [0.15, 0.2) is 28.9 Å². The number of hydrogen-bond donors (Lipinski definition) is 0. The van der Waals surface area contributed by atoms with Crippen molar-refractivity contribution in [3.8, 4) is 5.75 Å². The normalized spacial score (nSPS) is 19.3. The zero-order chi connectivity index (χ0) is 21.0. The van der Waals surface area contributed by atoms with Crippen LogP contribution in [0.1, 0.15) is 12.8 Å². The summed E-state index contributed by atoms with van der Waals surface area (Å²) in [6.45, 7) is 0.0462. The van der Waals surface area contributed by atoms with E-state index in [2.05, 4.69) is 9.89 Å². The molecule has 6 nitrogen and oxygen atoms in total. The van der Waals surface area contributed by atoms with Crippen LogP contribution in [0.5, 0.6) is 5.75 Å². The van der Waals surface area contributed by atoms with Gasteiger partial charge in [0.25, 0.3) is 6.10 Å². The van der Waals surface area contributed by atoms with E-state index in [0.29, 0.717) is 24.2 Å². The first-order chi connectivity index (χ1) is 13.5. The van der Waals surface area contributed by atoms with E-state index >= 15 is 0 Å². The Bertz CT molecular complexity index is 897. The smallest absolute Gasteiger partial charge is 0.434 e. The van der Waals surface area contributed by atoms with Crippen molar-refractivity contribution in [1.29, 1.82) is 0 Å². The molecular formula is C17H14F6N2O4. The molecule has 1 aromatic carbocycles. The third kappa shape index (κ3) is 3.79. The molecule has 0 bridgehead atoms. The molecule has 29 heavy (non-hydrogen) atoms. The number of fused-ring (bicyclic) bond motifs is 1. The van der Waals surface area contributed by atoms with Crippen LogP contribution in [-0.2, 0) is 4.74 Å². The molecule has 1 aromatic heterocycles. The fraction of sp³-hybridized carbons (Fsp3) is 0.529. The molecular weight excluding hydrogens is 410 g/mol. The molecule has 2 heterocycles. The quantitative estimate of drug-likeness (QED) is 0.688. The minimum absolute atomic E-state index is 0.0231. The fourth-order valence-corrected chi connectivity index (χ4v) is 3.74. The molecule has 1 aliphatic heterocycles. The zero-order valence-corrected chi connectivity index (χ0v) is 14.6. The van der Waals surface area contributed by atoms with E-state index in [9.17, 15) is 31.1 Å². The SMILES string of the molecule is O=C(OC(C(F)(F)F)C(F)(F)F)N1CC2(CC(Oc3ccc4cnoc4c3)C2)C1. The number of likely N-dealkylation sites (tertiary alicyclic amines) is 1. The van der Waals surface area contributed by atoms with Crippen LogP contribution < -0.4 is 4.74 Å². The van der Waals surface area contributed by atoms with Gasteiger partial charge in [-0.3, -0.25) is 0 Å². The van der Waals surface area contributed by atoms with Crippen molar-refractivity contribution in [1.82, 2.24) is 10.1 Å². The number of amides is 1. The Hall–Kier alpha value is -2.66. The maximum atomic E-state index is 12.5. The molecule has 4 rings (SSSR count). The number of aromatic nitrogens is 1. The van der Waals surface area contributed by atoms with Crippen LogP contribution in [0.4, 0.5) is 31.1 Å². The van der Waals surface area contributed by atoms with E-state index in [1.807, 2.05) is 0 Å². The second-order valence-electron chi connectivity index (χ2n) is 7.38. The Morgan fingerprint density at radius 3 is 2.45 bits per heavy atom. The van der Waals surface area contributed by atoms with Crippen LogP contribution in [-0.4, -0.2) is 53.8 Å². The maximum Gasteiger partial charge on any atom is 0.434 e. The summed E-state index contributed by atoms with van der Waals surface area (Å²) in [5.41, 5.74) is 0.185. The molecule has 0 unspecified atom stereocenters. The molecule has 1 spiro atoms. The minimum atomic E-state index is -5.73. The standard InChI is InChI=1S/C17H14F6N2O4/c18-16(19,20)13(17(21,22)23)28-14(26)25-7-15(8-25)4-11(5-15)27-10-2-1-9-6-24-29-12(9)3-10/h1-3,6,11,13H,4-5,7-8H2. The highest BCUT2D eigenvalue weighted by Gasteiger charge is 2.61. The Balaban J connectivity index is 1.27. The van der Waals surface area contributed by atoms with Gasteiger partial charge in [-0.2, -0.15) is 26.3 Å². The molecule has 0 N–H and O–H groups in total. The third-order valence-corrected chi connectivity index (χ3v) is 5.08. The van der Waals surface area contributed by atoms with Gasteiger partial charge in [0, 0.05) is 30.0 Å². The number of benzene rings is 1. The largest absolute Gasteiger partial charge is 0.490 e. The van der Waals surface area contributed by atoms with E-state index in [-0.39, 0.29) is 24.6 Å². The molecule has 158 valence electrons.